The monoisotopic (exact) mass is 796 g/mol. The normalized spacial score (nSPS) is 11.3. The summed E-state index contributed by atoms with van der Waals surface area (Å²) in [5.41, 5.74) is 13.8. The largest absolute Gasteiger partial charge is 0.247 e. The molecule has 0 amide bonds. The van der Waals surface area contributed by atoms with Crippen molar-refractivity contribution in [3.8, 4) is 89.2 Å². The smallest absolute Gasteiger partial charge is 0.164 e. The molecule has 0 saturated carbocycles. The Morgan fingerprint density at radius 3 is 1.33 bits per heavy atom. The summed E-state index contributed by atoms with van der Waals surface area (Å²) in [6, 6.07) is 76.3. The first-order chi connectivity index (χ1) is 30.2. The Morgan fingerprint density at radius 1 is 0.295 bits per heavy atom. The molecule has 0 aliphatic heterocycles. The zero-order chi connectivity index (χ0) is 40.5. The van der Waals surface area contributed by atoms with Crippen molar-refractivity contribution in [2.24, 2.45) is 0 Å². The average Bonchev–Trinajstić information content (AvgIpc) is 3.76. The van der Waals surface area contributed by atoms with Gasteiger partial charge >= 0.3 is 0 Å². The molecule has 0 spiro atoms. The molecule has 0 radical (unpaired) electrons. The Hall–Kier alpha value is -7.86. The van der Waals surface area contributed by atoms with Gasteiger partial charge in [-0.05, 0) is 51.6 Å². The van der Waals surface area contributed by atoms with E-state index >= 15 is 0 Å². The van der Waals surface area contributed by atoms with Gasteiger partial charge in [-0.25, -0.2) is 19.9 Å². The summed E-state index contributed by atoms with van der Waals surface area (Å²) in [5, 5.41) is 2.29. The molecule has 0 bridgehead atoms. The van der Waals surface area contributed by atoms with Crippen molar-refractivity contribution in [1.82, 2.24) is 19.9 Å². The van der Waals surface area contributed by atoms with Gasteiger partial charge in [-0.3, -0.25) is 0 Å². The van der Waals surface area contributed by atoms with Crippen molar-refractivity contribution in [2.75, 3.05) is 0 Å². The van der Waals surface area contributed by atoms with Gasteiger partial charge in [-0.2, -0.15) is 0 Å². The maximum absolute atomic E-state index is 5.38. The van der Waals surface area contributed by atoms with Gasteiger partial charge in [-0.1, -0.05) is 200 Å². The fourth-order valence-corrected chi connectivity index (χ4v) is 9.50. The van der Waals surface area contributed by atoms with Crippen LogP contribution in [0.2, 0.25) is 0 Å². The number of aromatic nitrogens is 4. The fourth-order valence-electron chi connectivity index (χ4n) is 8.15. The maximum Gasteiger partial charge on any atom is 0.164 e. The van der Waals surface area contributed by atoms with Crippen molar-refractivity contribution in [3.05, 3.63) is 218 Å². The van der Waals surface area contributed by atoms with E-state index in [1.807, 2.05) is 47.7 Å². The summed E-state index contributed by atoms with van der Waals surface area (Å²) >= 11 is 1.84. The third-order valence-electron chi connectivity index (χ3n) is 11.1. The number of pyridine rings is 1. The van der Waals surface area contributed by atoms with Gasteiger partial charge < -0.3 is 0 Å². The van der Waals surface area contributed by atoms with E-state index in [1.165, 1.54) is 20.7 Å². The van der Waals surface area contributed by atoms with Crippen LogP contribution >= 0.6 is 11.3 Å². The van der Waals surface area contributed by atoms with Gasteiger partial charge in [0.2, 0.25) is 0 Å². The predicted molar refractivity (Wildman–Crippen MR) is 254 cm³/mol. The van der Waals surface area contributed by atoms with Crippen LogP contribution < -0.4 is 0 Å². The van der Waals surface area contributed by atoms with Gasteiger partial charge in [-0.15, -0.1) is 11.3 Å². The SMILES string of the molecule is c1ccc(-c2cccc(-c3nc(-c4ccccc4)nc(-c4ccc(-c5c(-c6cccc(-c7ccccc7)c6)sc6c5c(-c5ccccc5)nc5ccccc56)cc4)n3)c2)cc1. The number of hydrogen-bond donors (Lipinski definition) is 0. The second kappa shape index (κ2) is 15.7. The standard InChI is InChI=1S/C56H36N4S/c1-5-17-37(18-6-1)43-25-15-27-45(35-43)52-49(50-51(40-21-9-3-10-22-40)57-48-30-14-13-29-47(48)53(50)61-52)39-31-33-42(34-32-39)55-58-54(41-23-11-4-12-24-41)59-56(60-55)46-28-16-26-44(36-46)38-19-7-2-8-20-38/h1-36H. The van der Waals surface area contributed by atoms with Crippen molar-refractivity contribution in [3.63, 3.8) is 0 Å². The van der Waals surface area contributed by atoms with Crippen molar-refractivity contribution < 1.29 is 0 Å². The van der Waals surface area contributed by atoms with E-state index in [-0.39, 0.29) is 0 Å². The zero-order valence-electron chi connectivity index (χ0n) is 33.0. The lowest BCUT2D eigenvalue weighted by atomic mass is 9.93. The number of benzene rings is 8. The third kappa shape index (κ3) is 6.97. The Balaban J connectivity index is 1.10. The molecule has 11 rings (SSSR count). The molecule has 0 atom stereocenters. The number of rotatable bonds is 8. The van der Waals surface area contributed by atoms with Gasteiger partial charge in [0.15, 0.2) is 17.5 Å². The topological polar surface area (TPSA) is 51.6 Å². The number of para-hydroxylation sites is 1. The van der Waals surface area contributed by atoms with Crippen LogP contribution in [0.5, 0.6) is 0 Å². The quantitative estimate of drug-likeness (QED) is 0.154. The Labute approximate surface area is 358 Å². The first kappa shape index (κ1) is 36.2. The van der Waals surface area contributed by atoms with Crippen LogP contribution in [0.1, 0.15) is 0 Å². The second-order valence-corrected chi connectivity index (χ2v) is 16.0. The van der Waals surface area contributed by atoms with Crippen LogP contribution in [0.15, 0.2) is 218 Å². The molecule has 0 N–H and O–H groups in total. The van der Waals surface area contributed by atoms with Crippen LogP contribution in [0.25, 0.3) is 110 Å². The molecule has 11 aromatic rings. The predicted octanol–water partition coefficient (Wildman–Crippen LogP) is 15.0. The first-order valence-corrected chi connectivity index (χ1v) is 21.2. The van der Waals surface area contributed by atoms with Gasteiger partial charge in [0, 0.05) is 48.2 Å². The minimum absolute atomic E-state index is 0.615. The van der Waals surface area contributed by atoms with E-state index in [2.05, 4.69) is 182 Å². The number of nitrogens with zero attached hydrogens (tertiary/aromatic N) is 4. The molecule has 0 saturated heterocycles. The number of thiophene rings is 1. The van der Waals surface area contributed by atoms with Crippen LogP contribution in [0.3, 0.4) is 0 Å². The number of hydrogen-bond acceptors (Lipinski definition) is 5. The molecular formula is C56H36N4S. The Kier molecular flexibility index (Phi) is 9.34. The lowest BCUT2D eigenvalue weighted by molar-refractivity contribution is 1.07. The molecule has 0 aliphatic rings. The van der Waals surface area contributed by atoms with Gasteiger partial charge in [0.1, 0.15) is 0 Å². The van der Waals surface area contributed by atoms with Crippen molar-refractivity contribution in [2.45, 2.75) is 0 Å². The van der Waals surface area contributed by atoms with Crippen molar-refractivity contribution >= 4 is 32.3 Å². The molecule has 286 valence electrons. The van der Waals surface area contributed by atoms with Crippen molar-refractivity contribution in [1.29, 1.82) is 0 Å². The van der Waals surface area contributed by atoms with E-state index in [0.717, 1.165) is 72.1 Å². The summed E-state index contributed by atoms with van der Waals surface area (Å²) in [6.45, 7) is 0. The minimum atomic E-state index is 0.615. The van der Waals surface area contributed by atoms with E-state index in [1.54, 1.807) is 0 Å². The highest BCUT2D eigenvalue weighted by molar-refractivity contribution is 7.24. The molecule has 5 heteroatoms. The highest BCUT2D eigenvalue weighted by atomic mass is 32.1. The molecule has 4 nitrogen and oxygen atoms in total. The summed E-state index contributed by atoms with van der Waals surface area (Å²) in [5.74, 6) is 1.87. The summed E-state index contributed by atoms with van der Waals surface area (Å²) in [4.78, 5) is 21.8. The van der Waals surface area contributed by atoms with Crippen LogP contribution in [-0.2, 0) is 0 Å². The van der Waals surface area contributed by atoms with Crippen LogP contribution in [0, 0.1) is 0 Å². The van der Waals surface area contributed by atoms with E-state index in [0.29, 0.717) is 17.5 Å². The molecule has 3 aromatic heterocycles. The summed E-state index contributed by atoms with van der Waals surface area (Å²) in [6.07, 6.45) is 0. The molecule has 61 heavy (non-hydrogen) atoms. The highest BCUT2D eigenvalue weighted by Gasteiger charge is 2.23. The minimum Gasteiger partial charge on any atom is -0.247 e. The van der Waals surface area contributed by atoms with E-state index in [9.17, 15) is 0 Å². The molecule has 0 unspecified atom stereocenters. The fraction of sp³-hybridized carbons (Fsp3) is 0. The zero-order valence-corrected chi connectivity index (χ0v) is 33.8. The molecule has 3 heterocycles. The lowest BCUT2D eigenvalue weighted by Crippen LogP contribution is -2.00. The first-order valence-electron chi connectivity index (χ1n) is 20.4. The Bertz CT molecular complexity index is 3330. The molecule has 0 aliphatic carbocycles. The lowest BCUT2D eigenvalue weighted by Gasteiger charge is -2.12. The second-order valence-electron chi connectivity index (χ2n) is 15.0. The third-order valence-corrected chi connectivity index (χ3v) is 12.4. The highest BCUT2D eigenvalue weighted by Crippen LogP contribution is 2.50. The molecular weight excluding hydrogens is 761 g/mol. The summed E-state index contributed by atoms with van der Waals surface area (Å²) < 4.78 is 1.22. The summed E-state index contributed by atoms with van der Waals surface area (Å²) in [7, 11) is 0. The van der Waals surface area contributed by atoms with Gasteiger partial charge in [0.05, 0.1) is 11.2 Å². The molecule has 8 aromatic carbocycles. The Morgan fingerprint density at radius 2 is 0.721 bits per heavy atom. The molecule has 0 fully saturated rings. The van der Waals surface area contributed by atoms with E-state index < -0.39 is 0 Å². The average molecular weight is 797 g/mol. The number of fused-ring (bicyclic) bond motifs is 3. The van der Waals surface area contributed by atoms with Crippen LogP contribution in [0.4, 0.5) is 0 Å². The van der Waals surface area contributed by atoms with Gasteiger partial charge in [0.25, 0.3) is 0 Å². The van der Waals surface area contributed by atoms with E-state index in [4.69, 9.17) is 19.9 Å². The maximum atomic E-state index is 5.38. The van der Waals surface area contributed by atoms with Crippen LogP contribution in [-0.4, -0.2) is 19.9 Å².